The van der Waals surface area contributed by atoms with Gasteiger partial charge in [-0.05, 0) is 50.1 Å². The molecule has 0 spiro atoms. The van der Waals surface area contributed by atoms with Crippen molar-refractivity contribution < 1.29 is 22.8 Å². The minimum absolute atomic E-state index is 0.0366. The van der Waals surface area contributed by atoms with Crippen molar-refractivity contribution in [3.63, 3.8) is 0 Å². The largest absolute Gasteiger partial charge is 0.347 e. The van der Waals surface area contributed by atoms with Gasteiger partial charge in [0.05, 0.1) is 38.6 Å². The molecule has 2 aliphatic rings. The van der Waals surface area contributed by atoms with Crippen LogP contribution < -0.4 is 16.4 Å². The Bertz CT molecular complexity index is 1520. The number of carbonyl (C=O) groups excluding carboxylic acids is 3. The van der Waals surface area contributed by atoms with E-state index in [0.717, 1.165) is 22.7 Å². The van der Waals surface area contributed by atoms with E-state index in [1.807, 2.05) is 0 Å². The Balaban J connectivity index is 1.24. The van der Waals surface area contributed by atoms with Crippen molar-refractivity contribution in [2.45, 2.75) is 48.1 Å². The first-order valence-electron chi connectivity index (χ1n) is 12.2. The summed E-state index contributed by atoms with van der Waals surface area (Å²) in [6.07, 6.45) is 3.36. The molecule has 10 nitrogen and oxygen atoms in total. The van der Waals surface area contributed by atoms with Gasteiger partial charge in [0.1, 0.15) is 0 Å². The second-order valence-corrected chi connectivity index (χ2v) is 12.4. The molecule has 2 aromatic carbocycles. The molecule has 5 rings (SSSR count). The van der Waals surface area contributed by atoms with Crippen LogP contribution in [0.5, 0.6) is 0 Å². The van der Waals surface area contributed by atoms with Crippen LogP contribution in [0.3, 0.4) is 0 Å². The number of likely N-dealkylation sites (tertiary alicyclic amines) is 1. The number of thiazole rings is 1. The fourth-order valence-corrected chi connectivity index (χ4v) is 7.32. The van der Waals surface area contributed by atoms with E-state index in [-0.39, 0.29) is 45.0 Å². The van der Waals surface area contributed by atoms with Crippen LogP contribution in [0.15, 0.2) is 58.5 Å². The van der Waals surface area contributed by atoms with Gasteiger partial charge in [0, 0.05) is 35.6 Å². The molecule has 198 valence electrons. The Kier molecular flexibility index (Phi) is 7.03. The third-order valence-corrected chi connectivity index (χ3v) is 9.77. The van der Waals surface area contributed by atoms with Crippen molar-refractivity contribution in [3.8, 4) is 0 Å². The van der Waals surface area contributed by atoms with E-state index >= 15 is 0 Å². The van der Waals surface area contributed by atoms with E-state index in [2.05, 4.69) is 15.6 Å². The second kappa shape index (κ2) is 10.3. The molecule has 1 atom stereocenters. The number of aromatic nitrogens is 1. The highest BCUT2D eigenvalue weighted by Gasteiger charge is 2.31. The summed E-state index contributed by atoms with van der Waals surface area (Å²) in [5, 5.41) is 6.43. The summed E-state index contributed by atoms with van der Waals surface area (Å²) >= 11 is 1.52. The molecular formula is C26H27N5O5S2. The maximum absolute atomic E-state index is 13.1. The number of benzene rings is 2. The van der Waals surface area contributed by atoms with Gasteiger partial charge in [-0.2, -0.15) is 0 Å². The highest BCUT2D eigenvalue weighted by Crippen LogP contribution is 2.34. The molecule has 1 saturated heterocycles. The maximum Gasteiger partial charge on any atom is 0.257 e. The van der Waals surface area contributed by atoms with Gasteiger partial charge >= 0.3 is 0 Å². The smallest absolute Gasteiger partial charge is 0.257 e. The first kappa shape index (κ1) is 26.0. The van der Waals surface area contributed by atoms with Gasteiger partial charge in [0.2, 0.25) is 15.7 Å². The van der Waals surface area contributed by atoms with Crippen LogP contribution in [-0.4, -0.2) is 55.2 Å². The minimum atomic E-state index is -3.94. The van der Waals surface area contributed by atoms with Gasteiger partial charge in [0.15, 0.2) is 0 Å². The maximum atomic E-state index is 13.1. The molecule has 1 aromatic heterocycles. The lowest BCUT2D eigenvalue weighted by Gasteiger charge is -2.32. The minimum Gasteiger partial charge on any atom is -0.347 e. The van der Waals surface area contributed by atoms with Crippen molar-refractivity contribution in [2.24, 2.45) is 5.73 Å². The summed E-state index contributed by atoms with van der Waals surface area (Å²) in [4.78, 5) is 44.7. The third kappa shape index (κ3) is 4.94. The molecule has 38 heavy (non-hydrogen) atoms. The van der Waals surface area contributed by atoms with Crippen LogP contribution in [-0.2, 0) is 21.2 Å². The summed E-state index contributed by atoms with van der Waals surface area (Å²) in [6.45, 7) is 3.24. The van der Waals surface area contributed by atoms with Crippen molar-refractivity contribution in [1.29, 1.82) is 0 Å². The zero-order valence-electron chi connectivity index (χ0n) is 20.6. The number of hydrogen-bond acceptors (Lipinski definition) is 8. The van der Waals surface area contributed by atoms with E-state index in [9.17, 15) is 22.8 Å². The number of carbonyl (C=O) groups is 3. The zero-order valence-corrected chi connectivity index (χ0v) is 22.3. The summed E-state index contributed by atoms with van der Waals surface area (Å²) in [7, 11) is -3.94. The molecule has 0 radical (unpaired) electrons. The van der Waals surface area contributed by atoms with Gasteiger partial charge in [-0.3, -0.25) is 14.4 Å². The van der Waals surface area contributed by atoms with Gasteiger partial charge in [0.25, 0.3) is 11.8 Å². The number of nitrogens with one attached hydrogen (secondary N) is 2. The summed E-state index contributed by atoms with van der Waals surface area (Å²) in [5.41, 5.74) is 6.05. The Morgan fingerprint density at radius 2 is 1.92 bits per heavy atom. The van der Waals surface area contributed by atoms with Crippen LogP contribution in [0, 0.1) is 0 Å². The van der Waals surface area contributed by atoms with Crippen LogP contribution >= 0.6 is 11.3 Å². The van der Waals surface area contributed by atoms with Crippen molar-refractivity contribution in [2.75, 3.05) is 18.4 Å². The SMILES string of the molecule is CC(N)C(=O)N1CCC(c2ncc(CNC(=O)c3ccc4c(c3)NC(=O)c3ccccc3S4(=O)=O)s2)CC1. The Labute approximate surface area is 224 Å². The molecule has 3 amide bonds. The fourth-order valence-electron chi connectivity index (χ4n) is 4.70. The quantitative estimate of drug-likeness (QED) is 0.439. The van der Waals surface area contributed by atoms with Crippen molar-refractivity contribution >= 4 is 44.6 Å². The molecule has 0 aliphatic carbocycles. The number of anilines is 1. The molecule has 1 unspecified atom stereocenters. The van der Waals surface area contributed by atoms with E-state index in [0.29, 0.717) is 13.1 Å². The topological polar surface area (TPSA) is 152 Å². The van der Waals surface area contributed by atoms with Crippen molar-refractivity contribution in [3.05, 3.63) is 69.7 Å². The Morgan fingerprint density at radius 1 is 1.18 bits per heavy atom. The van der Waals surface area contributed by atoms with E-state index in [1.165, 1.54) is 41.7 Å². The average Bonchev–Trinajstić information content (AvgIpc) is 3.37. The average molecular weight is 554 g/mol. The third-order valence-electron chi connectivity index (χ3n) is 6.74. The number of rotatable bonds is 5. The number of nitrogens with zero attached hydrogens (tertiary/aromatic N) is 2. The second-order valence-electron chi connectivity index (χ2n) is 9.40. The fraction of sp³-hybridized carbons (Fsp3) is 0.308. The number of fused-ring (bicyclic) bond motifs is 2. The standard InChI is InChI=1S/C26H27N5O5S2/c1-15(27)26(34)31-10-8-16(9-11-31)25-29-14-18(37-25)13-28-23(32)17-6-7-22-20(12-17)30-24(33)19-4-2-3-5-21(19)38(22,35)36/h2-7,12,14-16H,8-11,13,27H2,1H3,(H,28,32)(H,30,33). The number of amides is 3. The first-order valence-corrected chi connectivity index (χ1v) is 14.5. The summed E-state index contributed by atoms with van der Waals surface area (Å²) in [6, 6.07) is 9.66. The molecule has 3 aromatic rings. The lowest BCUT2D eigenvalue weighted by atomic mass is 9.97. The molecule has 1 fully saturated rings. The van der Waals surface area contributed by atoms with Crippen LogP contribution in [0.2, 0.25) is 0 Å². The molecular weight excluding hydrogens is 526 g/mol. The highest BCUT2D eigenvalue weighted by molar-refractivity contribution is 7.91. The zero-order chi connectivity index (χ0) is 27.0. The molecule has 0 bridgehead atoms. The normalized spacial score (nSPS) is 17.5. The van der Waals surface area contributed by atoms with E-state index in [1.54, 1.807) is 30.2 Å². The van der Waals surface area contributed by atoms with Gasteiger partial charge in [-0.15, -0.1) is 11.3 Å². The summed E-state index contributed by atoms with van der Waals surface area (Å²) in [5.74, 6) is -0.740. The first-order chi connectivity index (χ1) is 18.1. The van der Waals surface area contributed by atoms with Crippen molar-refractivity contribution in [1.82, 2.24) is 15.2 Å². The predicted octanol–water partition coefficient (Wildman–Crippen LogP) is 2.52. The monoisotopic (exact) mass is 553 g/mol. The molecule has 2 aliphatic heterocycles. The van der Waals surface area contributed by atoms with Crippen LogP contribution in [0.4, 0.5) is 5.69 Å². The molecule has 12 heteroatoms. The number of nitrogens with two attached hydrogens (primary N) is 1. The van der Waals surface area contributed by atoms with E-state index in [4.69, 9.17) is 5.73 Å². The van der Waals surface area contributed by atoms with Gasteiger partial charge in [-0.25, -0.2) is 13.4 Å². The Morgan fingerprint density at radius 3 is 2.66 bits per heavy atom. The van der Waals surface area contributed by atoms with Gasteiger partial charge in [-0.1, -0.05) is 12.1 Å². The van der Waals surface area contributed by atoms with Gasteiger partial charge < -0.3 is 21.3 Å². The number of sulfone groups is 1. The van der Waals surface area contributed by atoms with E-state index < -0.39 is 27.7 Å². The summed E-state index contributed by atoms with van der Waals surface area (Å²) < 4.78 is 26.3. The highest BCUT2D eigenvalue weighted by atomic mass is 32.2. The molecule has 3 heterocycles. The number of hydrogen-bond donors (Lipinski definition) is 3. The Hall–Kier alpha value is -3.61. The van der Waals surface area contributed by atoms with Crippen LogP contribution in [0.1, 0.15) is 56.3 Å². The lowest BCUT2D eigenvalue weighted by Crippen LogP contribution is -2.45. The molecule has 0 saturated carbocycles. The predicted molar refractivity (Wildman–Crippen MR) is 142 cm³/mol. The van der Waals surface area contributed by atoms with Crippen LogP contribution in [0.25, 0.3) is 0 Å². The molecule has 4 N–H and O–H groups in total. The number of piperidine rings is 1. The lowest BCUT2D eigenvalue weighted by molar-refractivity contribution is -0.133.